The quantitative estimate of drug-likeness (QED) is 0.523. The zero-order chi connectivity index (χ0) is 20.9. The normalized spacial score (nSPS) is 11.1. The highest BCUT2D eigenvalue weighted by Crippen LogP contribution is 2.27. The van der Waals surface area contributed by atoms with Gasteiger partial charge in [0, 0.05) is 15.2 Å². The van der Waals surface area contributed by atoms with E-state index in [1.807, 2.05) is 0 Å². The van der Waals surface area contributed by atoms with E-state index in [2.05, 4.69) is 21.2 Å². The van der Waals surface area contributed by atoms with Crippen molar-refractivity contribution in [1.29, 1.82) is 0 Å². The number of carbonyl (C=O) groups excluding carboxylic acids is 2. The largest absolute Gasteiger partial charge is 0.456 e. The molecule has 2 aromatic carbocycles. The number of nitrogens with one attached hydrogen (secondary N) is 1. The molecule has 0 radical (unpaired) electrons. The van der Waals surface area contributed by atoms with E-state index >= 15 is 0 Å². The van der Waals surface area contributed by atoms with E-state index in [4.69, 9.17) is 39.5 Å². The standard InChI is InChI=1S/C17H13BrCl3NO5S/c18-12-3-2-11(8-14(12)21)22-16(23)9-27-17(24)5-6-28(25,26)15-7-10(19)1-4-13(15)20/h1-4,7-8H,5-6,9H2,(H,22,23). The summed E-state index contributed by atoms with van der Waals surface area (Å²) in [6, 6.07) is 8.79. The van der Waals surface area contributed by atoms with Crippen LogP contribution in [0.25, 0.3) is 0 Å². The Morgan fingerprint density at radius 3 is 2.43 bits per heavy atom. The molecular formula is C17H13BrCl3NO5S. The van der Waals surface area contributed by atoms with Crippen LogP contribution in [-0.2, 0) is 24.2 Å². The number of ether oxygens (including phenoxy) is 1. The fraction of sp³-hybridized carbons (Fsp3) is 0.176. The number of sulfone groups is 1. The van der Waals surface area contributed by atoms with Crippen LogP contribution in [0.4, 0.5) is 5.69 Å². The average molecular weight is 530 g/mol. The Labute approximate surface area is 185 Å². The molecule has 28 heavy (non-hydrogen) atoms. The van der Waals surface area contributed by atoms with Gasteiger partial charge in [0.15, 0.2) is 16.4 Å². The summed E-state index contributed by atoms with van der Waals surface area (Å²) in [4.78, 5) is 23.4. The lowest BCUT2D eigenvalue weighted by Gasteiger charge is -2.09. The van der Waals surface area contributed by atoms with Crippen LogP contribution in [0.2, 0.25) is 15.1 Å². The predicted octanol–water partition coefficient (Wildman–Crippen LogP) is 4.76. The molecule has 2 aromatic rings. The molecule has 1 amide bonds. The van der Waals surface area contributed by atoms with Crippen LogP contribution in [0.5, 0.6) is 0 Å². The first-order chi connectivity index (χ1) is 13.1. The first kappa shape index (κ1) is 23.0. The van der Waals surface area contributed by atoms with E-state index in [0.717, 1.165) is 0 Å². The Hall–Kier alpha value is -1.32. The first-order valence-electron chi connectivity index (χ1n) is 7.67. The van der Waals surface area contributed by atoms with Crippen molar-refractivity contribution in [2.24, 2.45) is 0 Å². The molecule has 1 N–H and O–H groups in total. The number of halogens is 4. The smallest absolute Gasteiger partial charge is 0.307 e. The summed E-state index contributed by atoms with van der Waals surface area (Å²) >= 11 is 20.8. The van der Waals surface area contributed by atoms with E-state index in [-0.39, 0.29) is 14.9 Å². The number of carbonyl (C=O) groups is 2. The third-order valence-corrected chi connectivity index (χ3v) is 7.03. The molecule has 0 saturated heterocycles. The number of hydrogen-bond donors (Lipinski definition) is 1. The number of amides is 1. The van der Waals surface area contributed by atoms with Crippen molar-refractivity contribution in [3.05, 3.63) is 55.9 Å². The van der Waals surface area contributed by atoms with Crippen LogP contribution in [0.3, 0.4) is 0 Å². The number of rotatable bonds is 7. The van der Waals surface area contributed by atoms with Crippen molar-refractivity contribution in [3.63, 3.8) is 0 Å². The van der Waals surface area contributed by atoms with E-state index in [1.54, 1.807) is 12.1 Å². The van der Waals surface area contributed by atoms with Gasteiger partial charge in [-0.05, 0) is 52.3 Å². The Balaban J connectivity index is 1.85. The Kier molecular flexibility index (Phi) is 8.15. The lowest BCUT2D eigenvalue weighted by atomic mass is 10.3. The maximum Gasteiger partial charge on any atom is 0.307 e. The SMILES string of the molecule is O=C(COC(=O)CCS(=O)(=O)c1cc(Cl)ccc1Cl)Nc1ccc(Br)c(Cl)c1. The van der Waals surface area contributed by atoms with Crippen molar-refractivity contribution in [2.75, 3.05) is 17.7 Å². The highest BCUT2D eigenvalue weighted by atomic mass is 79.9. The predicted molar refractivity (Wildman–Crippen MR) is 112 cm³/mol. The monoisotopic (exact) mass is 527 g/mol. The highest BCUT2D eigenvalue weighted by Gasteiger charge is 2.21. The van der Waals surface area contributed by atoms with Crippen molar-refractivity contribution in [2.45, 2.75) is 11.3 Å². The second-order valence-electron chi connectivity index (χ2n) is 5.48. The van der Waals surface area contributed by atoms with Gasteiger partial charge in [0.1, 0.15) is 0 Å². The highest BCUT2D eigenvalue weighted by molar-refractivity contribution is 9.10. The molecule has 2 rings (SSSR count). The summed E-state index contributed by atoms with van der Waals surface area (Å²) in [5.74, 6) is -1.96. The minimum absolute atomic E-state index is 0.00491. The Morgan fingerprint density at radius 2 is 1.75 bits per heavy atom. The van der Waals surface area contributed by atoms with Crippen LogP contribution >= 0.6 is 50.7 Å². The minimum Gasteiger partial charge on any atom is -0.456 e. The maximum absolute atomic E-state index is 12.3. The van der Waals surface area contributed by atoms with Gasteiger partial charge in [-0.3, -0.25) is 9.59 Å². The average Bonchev–Trinajstić information content (AvgIpc) is 2.63. The van der Waals surface area contributed by atoms with Gasteiger partial charge in [-0.15, -0.1) is 0 Å². The maximum atomic E-state index is 12.3. The molecular weight excluding hydrogens is 517 g/mol. The van der Waals surface area contributed by atoms with Crippen molar-refractivity contribution in [1.82, 2.24) is 0 Å². The molecule has 0 atom stereocenters. The van der Waals surface area contributed by atoms with E-state index in [9.17, 15) is 18.0 Å². The molecule has 0 aliphatic rings. The Bertz CT molecular complexity index is 1010. The Morgan fingerprint density at radius 1 is 1.04 bits per heavy atom. The summed E-state index contributed by atoms with van der Waals surface area (Å²) in [5.41, 5.74) is 0.424. The summed E-state index contributed by atoms with van der Waals surface area (Å²) < 4.78 is 30.1. The van der Waals surface area contributed by atoms with Gasteiger partial charge in [-0.1, -0.05) is 34.8 Å². The van der Waals surface area contributed by atoms with Gasteiger partial charge in [0.2, 0.25) is 0 Å². The van der Waals surface area contributed by atoms with Gasteiger partial charge in [0.05, 0.1) is 27.1 Å². The summed E-state index contributed by atoms with van der Waals surface area (Å²) in [6.07, 6.45) is -0.442. The lowest BCUT2D eigenvalue weighted by Crippen LogP contribution is -2.22. The van der Waals surface area contributed by atoms with Crippen molar-refractivity contribution >= 4 is 78.1 Å². The fourth-order valence-electron chi connectivity index (χ4n) is 2.03. The molecule has 150 valence electrons. The van der Waals surface area contributed by atoms with Crippen LogP contribution in [0, 0.1) is 0 Å². The van der Waals surface area contributed by atoms with Crippen molar-refractivity contribution in [3.8, 4) is 0 Å². The van der Waals surface area contributed by atoms with Crippen molar-refractivity contribution < 1.29 is 22.7 Å². The molecule has 11 heteroatoms. The summed E-state index contributed by atoms with van der Waals surface area (Å²) in [6.45, 7) is -0.565. The number of esters is 1. The van der Waals surface area contributed by atoms with Gasteiger partial charge in [0.25, 0.3) is 5.91 Å². The summed E-state index contributed by atoms with van der Waals surface area (Å²) in [7, 11) is -3.84. The molecule has 0 heterocycles. The van der Waals surface area contributed by atoms with E-state index in [0.29, 0.717) is 15.2 Å². The van der Waals surface area contributed by atoms with Gasteiger partial charge < -0.3 is 10.1 Å². The first-order valence-corrected chi connectivity index (χ1v) is 11.2. The van der Waals surface area contributed by atoms with Crippen LogP contribution in [0.15, 0.2) is 45.8 Å². The number of hydrogen-bond acceptors (Lipinski definition) is 5. The third-order valence-electron chi connectivity index (χ3n) is 3.37. The summed E-state index contributed by atoms with van der Waals surface area (Å²) in [5, 5.41) is 3.12. The molecule has 0 fully saturated rings. The van der Waals surface area contributed by atoms with Gasteiger partial charge in [-0.25, -0.2) is 8.42 Å². The van der Waals surface area contributed by atoms with Gasteiger partial charge >= 0.3 is 5.97 Å². The fourth-order valence-corrected chi connectivity index (χ4v) is 4.49. The molecule has 0 aliphatic heterocycles. The molecule has 0 bridgehead atoms. The topological polar surface area (TPSA) is 89.5 Å². The minimum atomic E-state index is -3.84. The zero-order valence-electron chi connectivity index (χ0n) is 14.0. The second kappa shape index (κ2) is 9.93. The van der Waals surface area contributed by atoms with Crippen LogP contribution in [-0.4, -0.2) is 32.7 Å². The molecule has 0 spiro atoms. The molecule has 0 saturated carbocycles. The van der Waals surface area contributed by atoms with E-state index < -0.39 is 40.5 Å². The van der Waals surface area contributed by atoms with E-state index in [1.165, 1.54) is 24.3 Å². The molecule has 6 nitrogen and oxygen atoms in total. The third kappa shape index (κ3) is 6.63. The number of anilines is 1. The number of benzene rings is 2. The van der Waals surface area contributed by atoms with Gasteiger partial charge in [-0.2, -0.15) is 0 Å². The molecule has 0 aliphatic carbocycles. The molecule has 0 aromatic heterocycles. The van der Waals surface area contributed by atoms with Crippen LogP contribution in [0.1, 0.15) is 6.42 Å². The second-order valence-corrected chi connectivity index (χ2v) is 9.66. The van der Waals surface area contributed by atoms with Crippen LogP contribution < -0.4 is 5.32 Å². The molecule has 0 unspecified atom stereocenters. The lowest BCUT2D eigenvalue weighted by molar-refractivity contribution is -0.146. The zero-order valence-corrected chi connectivity index (χ0v) is 18.7.